The third-order valence-electron chi connectivity index (χ3n) is 3.53. The average Bonchev–Trinajstić information content (AvgIpc) is 2.29. The maximum Gasteiger partial charge on any atom is 0.0499 e. The van der Waals surface area contributed by atoms with Gasteiger partial charge >= 0.3 is 0 Å². The van der Waals surface area contributed by atoms with Crippen LogP contribution >= 0.6 is 0 Å². The number of nitrogens with one attached hydrogen (secondary N) is 1. The predicted molar refractivity (Wildman–Crippen MR) is 69.0 cm³/mol. The van der Waals surface area contributed by atoms with Crippen LogP contribution in [0.1, 0.15) is 38.5 Å². The van der Waals surface area contributed by atoms with Crippen molar-refractivity contribution >= 4 is 10.8 Å². The molecule has 1 rings (SSSR count). The third kappa shape index (κ3) is 4.93. The van der Waals surface area contributed by atoms with E-state index in [-0.39, 0.29) is 5.41 Å². The molecule has 4 heteroatoms. The lowest BCUT2D eigenvalue weighted by Gasteiger charge is -2.35. The van der Waals surface area contributed by atoms with E-state index >= 15 is 0 Å². The lowest BCUT2D eigenvalue weighted by molar-refractivity contribution is 0.0816. The maximum absolute atomic E-state index is 10.9. The van der Waals surface area contributed by atoms with Gasteiger partial charge in [0.05, 0.1) is 0 Å². The predicted octanol–water partition coefficient (Wildman–Crippen LogP) is 1.29. The van der Waals surface area contributed by atoms with Gasteiger partial charge in [0.25, 0.3) is 0 Å². The summed E-state index contributed by atoms with van der Waals surface area (Å²) in [7, 11) is -0.675. The summed E-state index contributed by atoms with van der Waals surface area (Å²) in [5.41, 5.74) is 0.129. The van der Waals surface area contributed by atoms with Crippen molar-refractivity contribution in [1.29, 1.82) is 0 Å². The van der Waals surface area contributed by atoms with E-state index in [1.807, 2.05) is 0 Å². The topological polar surface area (TPSA) is 49.3 Å². The zero-order valence-corrected chi connectivity index (χ0v) is 11.2. The summed E-state index contributed by atoms with van der Waals surface area (Å²) in [4.78, 5) is 0. The standard InChI is InChI=1S/C12H25NO2S/c1-16(15)9-5-8-13-10-12(11-14)6-3-2-4-7-12/h13-14H,2-11H2,1H3. The van der Waals surface area contributed by atoms with Crippen LogP contribution in [-0.4, -0.2) is 41.0 Å². The lowest BCUT2D eigenvalue weighted by Crippen LogP contribution is -2.39. The number of hydrogen-bond acceptors (Lipinski definition) is 3. The van der Waals surface area contributed by atoms with Gasteiger partial charge in [-0.3, -0.25) is 4.21 Å². The Hall–Kier alpha value is 0.0700. The van der Waals surface area contributed by atoms with Gasteiger partial charge in [-0.05, 0) is 25.8 Å². The second kappa shape index (κ2) is 7.41. The molecule has 1 unspecified atom stereocenters. The van der Waals surface area contributed by atoms with E-state index < -0.39 is 10.8 Å². The Bertz CT molecular complexity index is 215. The quantitative estimate of drug-likeness (QED) is 0.667. The van der Waals surface area contributed by atoms with Crippen molar-refractivity contribution in [2.75, 3.05) is 31.7 Å². The fourth-order valence-corrected chi connectivity index (χ4v) is 3.00. The number of rotatable bonds is 7. The van der Waals surface area contributed by atoms with Crippen LogP contribution in [0.15, 0.2) is 0 Å². The van der Waals surface area contributed by atoms with Crippen LogP contribution < -0.4 is 5.32 Å². The van der Waals surface area contributed by atoms with E-state index in [1.165, 1.54) is 19.3 Å². The first-order valence-corrected chi connectivity index (χ1v) is 8.03. The summed E-state index contributed by atoms with van der Waals surface area (Å²) < 4.78 is 10.9. The molecule has 1 atom stereocenters. The van der Waals surface area contributed by atoms with Gasteiger partial charge in [0.1, 0.15) is 0 Å². The van der Waals surface area contributed by atoms with Gasteiger partial charge in [0.15, 0.2) is 0 Å². The average molecular weight is 247 g/mol. The molecule has 0 aromatic heterocycles. The minimum absolute atomic E-state index is 0.129. The molecule has 0 amide bonds. The molecular weight excluding hydrogens is 222 g/mol. The fourth-order valence-electron chi connectivity index (χ4n) is 2.45. The molecule has 96 valence electrons. The van der Waals surface area contributed by atoms with Crippen LogP contribution in [0, 0.1) is 5.41 Å². The van der Waals surface area contributed by atoms with Crippen molar-refractivity contribution in [1.82, 2.24) is 5.32 Å². The van der Waals surface area contributed by atoms with Crippen molar-refractivity contribution in [2.24, 2.45) is 5.41 Å². The largest absolute Gasteiger partial charge is 0.396 e. The van der Waals surface area contributed by atoms with Crippen LogP contribution in [-0.2, 0) is 10.8 Å². The molecule has 0 bridgehead atoms. The van der Waals surface area contributed by atoms with Crippen molar-refractivity contribution in [3.8, 4) is 0 Å². The van der Waals surface area contributed by atoms with Gasteiger partial charge < -0.3 is 10.4 Å². The van der Waals surface area contributed by atoms with Crippen LogP contribution in [0.25, 0.3) is 0 Å². The Morgan fingerprint density at radius 3 is 2.56 bits per heavy atom. The van der Waals surface area contributed by atoms with Crippen molar-refractivity contribution in [2.45, 2.75) is 38.5 Å². The first-order chi connectivity index (χ1) is 7.68. The van der Waals surface area contributed by atoms with Gasteiger partial charge in [0.2, 0.25) is 0 Å². The second-order valence-electron chi connectivity index (χ2n) is 5.03. The molecule has 2 N–H and O–H groups in total. The van der Waals surface area contributed by atoms with E-state index in [1.54, 1.807) is 6.26 Å². The molecule has 0 heterocycles. The molecule has 0 spiro atoms. The van der Waals surface area contributed by atoms with Gasteiger partial charge in [-0.2, -0.15) is 0 Å². The smallest absolute Gasteiger partial charge is 0.0499 e. The normalized spacial score (nSPS) is 21.9. The molecule has 1 saturated carbocycles. The number of aliphatic hydroxyl groups is 1. The molecule has 0 radical (unpaired) electrons. The molecule has 0 aromatic carbocycles. The third-order valence-corrected chi connectivity index (χ3v) is 4.40. The zero-order chi connectivity index (χ0) is 11.9. The monoisotopic (exact) mass is 247 g/mol. The molecule has 3 nitrogen and oxygen atoms in total. The minimum Gasteiger partial charge on any atom is -0.396 e. The molecule has 16 heavy (non-hydrogen) atoms. The highest BCUT2D eigenvalue weighted by atomic mass is 32.2. The summed E-state index contributed by atoms with van der Waals surface area (Å²) in [6, 6.07) is 0. The highest BCUT2D eigenvalue weighted by Gasteiger charge is 2.30. The highest BCUT2D eigenvalue weighted by Crippen LogP contribution is 2.35. The Morgan fingerprint density at radius 1 is 1.31 bits per heavy atom. The molecule has 1 fully saturated rings. The lowest BCUT2D eigenvalue weighted by atomic mass is 9.74. The highest BCUT2D eigenvalue weighted by molar-refractivity contribution is 7.84. The summed E-state index contributed by atoms with van der Waals surface area (Å²) in [5.74, 6) is 0.777. The van der Waals surface area contributed by atoms with Crippen molar-refractivity contribution in [3.05, 3.63) is 0 Å². The minimum atomic E-state index is -0.675. The SMILES string of the molecule is CS(=O)CCCNCC1(CO)CCCCC1. The van der Waals surface area contributed by atoms with Crippen LogP contribution in [0.2, 0.25) is 0 Å². The maximum atomic E-state index is 10.9. The van der Waals surface area contributed by atoms with E-state index in [9.17, 15) is 9.32 Å². The van der Waals surface area contributed by atoms with Gasteiger partial charge in [-0.1, -0.05) is 19.3 Å². The molecule has 0 aliphatic heterocycles. The summed E-state index contributed by atoms with van der Waals surface area (Å²) in [6.45, 7) is 2.14. The van der Waals surface area contributed by atoms with Crippen molar-refractivity contribution in [3.63, 3.8) is 0 Å². The Kier molecular flexibility index (Phi) is 6.54. The van der Waals surface area contributed by atoms with Crippen molar-refractivity contribution < 1.29 is 9.32 Å². The fraction of sp³-hybridized carbons (Fsp3) is 1.00. The first kappa shape index (κ1) is 14.1. The second-order valence-corrected chi connectivity index (χ2v) is 6.58. The van der Waals surface area contributed by atoms with Gasteiger partial charge in [-0.15, -0.1) is 0 Å². The molecule has 1 aliphatic carbocycles. The summed E-state index contributed by atoms with van der Waals surface area (Å²) in [6.07, 6.45) is 8.83. The summed E-state index contributed by atoms with van der Waals surface area (Å²) in [5, 5.41) is 12.9. The molecular formula is C12H25NO2S. The Morgan fingerprint density at radius 2 is 2.00 bits per heavy atom. The molecule has 1 aliphatic rings. The molecule has 0 saturated heterocycles. The number of aliphatic hydroxyl groups excluding tert-OH is 1. The van der Waals surface area contributed by atoms with Gasteiger partial charge in [-0.25, -0.2) is 0 Å². The van der Waals surface area contributed by atoms with Gasteiger partial charge in [0, 0.05) is 41.4 Å². The van der Waals surface area contributed by atoms with Crippen LogP contribution in [0.4, 0.5) is 0 Å². The van der Waals surface area contributed by atoms with E-state index in [0.717, 1.165) is 38.1 Å². The Balaban J connectivity index is 2.15. The first-order valence-electron chi connectivity index (χ1n) is 6.30. The van der Waals surface area contributed by atoms with Crippen LogP contribution in [0.5, 0.6) is 0 Å². The zero-order valence-electron chi connectivity index (χ0n) is 10.3. The molecule has 0 aromatic rings. The number of hydrogen-bond donors (Lipinski definition) is 2. The van der Waals surface area contributed by atoms with E-state index in [2.05, 4.69) is 5.32 Å². The van der Waals surface area contributed by atoms with Crippen LogP contribution in [0.3, 0.4) is 0 Å². The van der Waals surface area contributed by atoms with E-state index in [4.69, 9.17) is 0 Å². The Labute approximate surface area is 101 Å². The summed E-state index contributed by atoms with van der Waals surface area (Å²) >= 11 is 0. The van der Waals surface area contributed by atoms with E-state index in [0.29, 0.717) is 6.61 Å².